The first kappa shape index (κ1) is 27.3. The molecule has 2 aliphatic rings. The number of amides is 1. The van der Waals surface area contributed by atoms with Gasteiger partial charge in [-0.3, -0.25) is 24.5 Å². The van der Waals surface area contributed by atoms with Crippen LogP contribution in [-0.4, -0.2) is 34.7 Å². The van der Waals surface area contributed by atoms with Crippen LogP contribution in [0, 0.1) is 23.3 Å². The Kier molecular flexibility index (Phi) is 6.85. The van der Waals surface area contributed by atoms with Crippen molar-refractivity contribution in [2.45, 2.75) is 32.0 Å². The number of ether oxygens (including phenoxy) is 1. The molecule has 8 nitrogen and oxygen atoms in total. The quantitative estimate of drug-likeness (QED) is 0.228. The Labute approximate surface area is 236 Å². The van der Waals surface area contributed by atoms with Gasteiger partial charge in [0, 0.05) is 54.7 Å². The van der Waals surface area contributed by atoms with Crippen molar-refractivity contribution in [3.8, 4) is 0 Å². The molecule has 2 aromatic carbocycles. The fourth-order valence-corrected chi connectivity index (χ4v) is 5.46. The van der Waals surface area contributed by atoms with Crippen molar-refractivity contribution in [3.63, 3.8) is 0 Å². The number of anilines is 2. The van der Waals surface area contributed by atoms with E-state index < -0.39 is 53.1 Å². The minimum absolute atomic E-state index is 0.158. The molecule has 1 amide bonds. The molecule has 4 aromatic rings. The molecule has 1 unspecified atom stereocenters. The third-order valence-corrected chi connectivity index (χ3v) is 7.33. The Morgan fingerprint density at radius 1 is 1.12 bits per heavy atom. The Morgan fingerprint density at radius 2 is 1.88 bits per heavy atom. The minimum Gasteiger partial charge on any atom is -0.382 e. The van der Waals surface area contributed by atoms with Gasteiger partial charge < -0.3 is 15.0 Å². The molecular formula is C30H23F4N5O3. The fourth-order valence-electron chi connectivity index (χ4n) is 5.46. The number of pyridine rings is 2. The summed E-state index contributed by atoms with van der Waals surface area (Å²) in [6.45, 7) is 1.56. The van der Waals surface area contributed by atoms with Crippen molar-refractivity contribution in [1.29, 1.82) is 0 Å². The molecule has 12 heteroatoms. The number of aromatic nitrogens is 2. The van der Waals surface area contributed by atoms with Gasteiger partial charge >= 0.3 is 0 Å². The standard InChI is InChI=1S/C30H23F4N5O3/c1-14(8-19-26(33)20(31)12-21(32)27(19)34)37-22-5-7-36-28(40)25(22)24-10-15-9-17-18(11-23(15)38-24)30(42-2)39(29(17)41)16-4-3-6-35-13-16/h3-7,9,11-14,30H,8,10H2,1-2H3,(H2,36,37,40)/t14-,30?/m0/s1. The van der Waals surface area contributed by atoms with Gasteiger partial charge in [-0.05, 0) is 49.2 Å². The highest BCUT2D eigenvalue weighted by Gasteiger charge is 2.40. The normalized spacial score (nSPS) is 16.3. The first-order valence-electron chi connectivity index (χ1n) is 13.0. The van der Waals surface area contributed by atoms with Crippen LogP contribution in [0.2, 0.25) is 0 Å². The molecule has 6 rings (SSSR count). The Morgan fingerprint density at radius 3 is 2.57 bits per heavy atom. The van der Waals surface area contributed by atoms with Crippen LogP contribution < -0.4 is 15.8 Å². The van der Waals surface area contributed by atoms with Crippen molar-refractivity contribution in [2.75, 3.05) is 17.3 Å². The number of rotatable bonds is 7. The molecule has 42 heavy (non-hydrogen) atoms. The highest BCUT2D eigenvalue weighted by atomic mass is 19.2. The van der Waals surface area contributed by atoms with Crippen molar-refractivity contribution in [1.82, 2.24) is 9.97 Å². The second kappa shape index (κ2) is 10.5. The molecule has 0 saturated carbocycles. The number of aliphatic imine (C=N–C) groups is 1. The highest BCUT2D eigenvalue weighted by molar-refractivity contribution is 6.13. The van der Waals surface area contributed by atoms with Crippen LogP contribution in [0.4, 0.5) is 34.6 Å². The lowest BCUT2D eigenvalue weighted by Gasteiger charge is -2.23. The van der Waals surface area contributed by atoms with Crippen LogP contribution in [0.5, 0.6) is 0 Å². The van der Waals surface area contributed by atoms with Crippen molar-refractivity contribution in [3.05, 3.63) is 116 Å². The summed E-state index contributed by atoms with van der Waals surface area (Å²) < 4.78 is 61.6. The van der Waals surface area contributed by atoms with E-state index in [4.69, 9.17) is 9.73 Å². The zero-order chi connectivity index (χ0) is 29.7. The van der Waals surface area contributed by atoms with E-state index in [1.807, 2.05) is 0 Å². The van der Waals surface area contributed by atoms with Gasteiger partial charge in [-0.1, -0.05) is 0 Å². The van der Waals surface area contributed by atoms with E-state index >= 15 is 0 Å². The largest absolute Gasteiger partial charge is 0.382 e. The van der Waals surface area contributed by atoms with Crippen LogP contribution in [-0.2, 0) is 17.6 Å². The molecule has 2 aromatic heterocycles. The summed E-state index contributed by atoms with van der Waals surface area (Å²) in [7, 11) is 1.50. The van der Waals surface area contributed by atoms with Crippen LogP contribution in [0.15, 0.2) is 64.8 Å². The van der Waals surface area contributed by atoms with Gasteiger partial charge in [0.2, 0.25) is 0 Å². The molecule has 0 bridgehead atoms. The highest BCUT2D eigenvalue weighted by Crippen LogP contribution is 2.42. The van der Waals surface area contributed by atoms with E-state index in [0.717, 1.165) is 5.56 Å². The summed E-state index contributed by atoms with van der Waals surface area (Å²) in [5.74, 6) is -6.18. The summed E-state index contributed by atoms with van der Waals surface area (Å²) >= 11 is 0. The maximum absolute atomic E-state index is 14.3. The summed E-state index contributed by atoms with van der Waals surface area (Å²) in [6.07, 6.45) is 3.71. The van der Waals surface area contributed by atoms with E-state index in [2.05, 4.69) is 15.3 Å². The number of methoxy groups -OCH3 is 1. The number of nitrogens with zero attached hydrogens (tertiary/aromatic N) is 3. The Balaban J connectivity index is 1.31. The first-order chi connectivity index (χ1) is 20.2. The lowest BCUT2D eigenvalue weighted by atomic mass is 9.99. The topological polar surface area (TPSA) is 99.7 Å². The number of H-pyrrole nitrogens is 1. The second-order valence-corrected chi connectivity index (χ2v) is 10.1. The van der Waals surface area contributed by atoms with Gasteiger partial charge in [0.05, 0.1) is 34.5 Å². The number of carbonyl (C=O) groups excluding carboxylic acids is 1. The molecule has 0 radical (unpaired) electrons. The molecule has 2 atom stereocenters. The van der Waals surface area contributed by atoms with E-state index in [-0.39, 0.29) is 24.0 Å². The lowest BCUT2D eigenvalue weighted by molar-refractivity contribution is 0.0822. The van der Waals surface area contributed by atoms with Gasteiger partial charge in [0.1, 0.15) is 0 Å². The number of hydrogen-bond donors (Lipinski definition) is 2. The third-order valence-electron chi connectivity index (χ3n) is 7.33. The van der Waals surface area contributed by atoms with Crippen LogP contribution in [0.1, 0.15) is 45.8 Å². The van der Waals surface area contributed by atoms with E-state index in [9.17, 15) is 27.2 Å². The third kappa shape index (κ3) is 4.53. The van der Waals surface area contributed by atoms with E-state index in [0.29, 0.717) is 33.9 Å². The molecule has 0 saturated heterocycles. The van der Waals surface area contributed by atoms with Crippen molar-refractivity contribution >= 4 is 28.7 Å². The first-order valence-corrected chi connectivity index (χ1v) is 13.0. The minimum atomic E-state index is -1.49. The maximum atomic E-state index is 14.3. The van der Waals surface area contributed by atoms with E-state index in [1.54, 1.807) is 49.6 Å². The van der Waals surface area contributed by atoms with Gasteiger partial charge in [0.25, 0.3) is 11.5 Å². The van der Waals surface area contributed by atoms with Crippen molar-refractivity contribution in [2.24, 2.45) is 4.99 Å². The van der Waals surface area contributed by atoms with Gasteiger partial charge in [-0.2, -0.15) is 0 Å². The maximum Gasteiger partial charge on any atom is 0.261 e. The SMILES string of the molecule is COC1c2cc3c(cc2C(=O)N1c1cccnc1)CC(c1c(N[C@@H](C)Cc2c(F)c(F)cc(F)c2F)cc[nH]c1=O)=N3. The summed E-state index contributed by atoms with van der Waals surface area (Å²) in [6, 6.07) is 7.97. The second-order valence-electron chi connectivity index (χ2n) is 10.1. The molecule has 0 fully saturated rings. The average molecular weight is 578 g/mol. The van der Waals surface area contributed by atoms with Gasteiger partial charge in [0.15, 0.2) is 29.5 Å². The monoisotopic (exact) mass is 577 g/mol. The van der Waals surface area contributed by atoms with Crippen molar-refractivity contribution < 1.29 is 27.1 Å². The Bertz CT molecular complexity index is 1800. The molecular weight excluding hydrogens is 554 g/mol. The van der Waals surface area contributed by atoms with E-state index in [1.165, 1.54) is 18.2 Å². The number of fused-ring (bicyclic) bond motifs is 2. The molecule has 2 aliphatic heterocycles. The number of aromatic amines is 1. The summed E-state index contributed by atoms with van der Waals surface area (Å²) in [5.41, 5.74) is 2.65. The van der Waals surface area contributed by atoms with Crippen LogP contribution >= 0.6 is 0 Å². The summed E-state index contributed by atoms with van der Waals surface area (Å²) in [4.78, 5) is 39.3. The zero-order valence-corrected chi connectivity index (χ0v) is 22.3. The molecule has 0 aliphatic carbocycles. The number of benzene rings is 2. The number of nitrogens with one attached hydrogen (secondary N) is 2. The zero-order valence-electron chi connectivity index (χ0n) is 22.3. The molecule has 2 N–H and O–H groups in total. The predicted octanol–water partition coefficient (Wildman–Crippen LogP) is 5.35. The number of halogens is 4. The van der Waals surface area contributed by atoms with Gasteiger partial charge in [-0.15, -0.1) is 0 Å². The molecule has 4 heterocycles. The predicted molar refractivity (Wildman–Crippen MR) is 147 cm³/mol. The molecule has 0 spiro atoms. The van der Waals surface area contributed by atoms with Crippen LogP contribution in [0.25, 0.3) is 0 Å². The molecule has 214 valence electrons. The van der Waals surface area contributed by atoms with Gasteiger partial charge in [-0.25, -0.2) is 17.6 Å². The average Bonchev–Trinajstić information content (AvgIpc) is 3.50. The Hall–Kier alpha value is -4.84. The van der Waals surface area contributed by atoms with Crippen LogP contribution in [0.3, 0.4) is 0 Å². The number of hydrogen-bond acceptors (Lipinski definition) is 6. The lowest BCUT2D eigenvalue weighted by Crippen LogP contribution is -2.28. The number of carbonyl (C=O) groups is 1. The fraction of sp³-hybridized carbons (Fsp3) is 0.200. The summed E-state index contributed by atoms with van der Waals surface area (Å²) in [5, 5.41) is 3.02. The smallest absolute Gasteiger partial charge is 0.261 e.